The van der Waals surface area contributed by atoms with Crippen molar-refractivity contribution in [2.45, 2.75) is 23.9 Å². The molecule has 1 saturated heterocycles. The smallest absolute Gasteiger partial charge is 0.316 e. The van der Waals surface area contributed by atoms with Crippen LogP contribution in [0, 0.1) is 0 Å². The first-order valence-electron chi connectivity index (χ1n) is 9.86. The second kappa shape index (κ2) is 7.91. The Labute approximate surface area is 193 Å². The highest BCUT2D eigenvalue weighted by atomic mass is 79.9. The van der Waals surface area contributed by atoms with Crippen molar-refractivity contribution in [2.24, 2.45) is 0 Å². The van der Waals surface area contributed by atoms with Crippen LogP contribution in [0.2, 0.25) is 0 Å². The molecule has 7 nitrogen and oxygen atoms in total. The molecule has 3 atom stereocenters. The Bertz CT molecular complexity index is 1310. The van der Waals surface area contributed by atoms with Gasteiger partial charge in [-0.25, -0.2) is 4.98 Å². The van der Waals surface area contributed by atoms with Crippen LogP contribution in [0.1, 0.15) is 17.5 Å². The lowest BCUT2D eigenvalue weighted by atomic mass is 9.83. The molecule has 2 aliphatic heterocycles. The summed E-state index contributed by atoms with van der Waals surface area (Å²) in [6.07, 6.45) is -0.962. The normalized spacial score (nSPS) is 22.3. The highest BCUT2D eigenvalue weighted by Crippen LogP contribution is 2.51. The maximum absolute atomic E-state index is 13.2. The van der Waals surface area contributed by atoms with Crippen molar-refractivity contribution in [3.8, 4) is 17.4 Å². The summed E-state index contributed by atoms with van der Waals surface area (Å²) in [7, 11) is -4.05. The minimum absolute atomic E-state index is 0.0175. The van der Waals surface area contributed by atoms with Gasteiger partial charge in [0, 0.05) is 12.5 Å². The Morgan fingerprint density at radius 2 is 1.50 bits per heavy atom. The number of benzene rings is 2. The monoisotopic (exact) mass is 515 g/mol. The first-order chi connectivity index (χ1) is 15.3. The number of hydrogen-bond acceptors (Lipinski definition) is 7. The Balaban J connectivity index is 1.56. The lowest BCUT2D eigenvalue weighted by molar-refractivity contribution is 0.128. The molecule has 0 radical (unpaired) electrons. The summed E-state index contributed by atoms with van der Waals surface area (Å²) in [6, 6.07) is 18.1. The van der Waals surface area contributed by atoms with E-state index in [-0.39, 0.29) is 23.8 Å². The Kier molecular flexibility index (Phi) is 5.19. The minimum Gasteiger partial charge on any atom is -0.508 e. The molecule has 0 saturated carbocycles. The summed E-state index contributed by atoms with van der Waals surface area (Å²) in [5.41, 5.74) is 3.18. The zero-order chi connectivity index (χ0) is 22.5. The summed E-state index contributed by atoms with van der Waals surface area (Å²) in [6.45, 7) is 0. The summed E-state index contributed by atoms with van der Waals surface area (Å²) >= 11 is 3.21. The number of phenolic OH excluding ortho intramolecular Hbond substituents is 2. The molecule has 2 N–H and O–H groups in total. The SMILES string of the molecule is O=S(=O)(Oc1cccc(Br)n1)C1CC2OC1C(c1ccc(O)cc1)=C2c1ccc(O)cc1. The van der Waals surface area contributed by atoms with Crippen molar-refractivity contribution in [3.63, 3.8) is 0 Å². The number of halogens is 1. The largest absolute Gasteiger partial charge is 0.508 e. The van der Waals surface area contributed by atoms with E-state index in [1.807, 2.05) is 0 Å². The number of phenols is 2. The third-order valence-corrected chi connectivity index (χ3v) is 7.64. The number of aromatic nitrogens is 1. The van der Waals surface area contributed by atoms with Crippen LogP contribution in [0.5, 0.6) is 17.4 Å². The fraction of sp³-hybridized carbons (Fsp3) is 0.174. The van der Waals surface area contributed by atoms with E-state index in [1.54, 1.807) is 60.7 Å². The predicted octanol–water partition coefficient (Wildman–Crippen LogP) is 4.11. The summed E-state index contributed by atoms with van der Waals surface area (Å²) in [4.78, 5) is 4.06. The van der Waals surface area contributed by atoms with Gasteiger partial charge in [-0.05, 0) is 68.5 Å². The van der Waals surface area contributed by atoms with Gasteiger partial charge in [-0.3, -0.25) is 0 Å². The van der Waals surface area contributed by atoms with E-state index in [2.05, 4.69) is 20.9 Å². The van der Waals surface area contributed by atoms with Crippen LogP contribution in [0.25, 0.3) is 11.1 Å². The second-order valence-electron chi connectivity index (χ2n) is 7.62. The first-order valence-corrected chi connectivity index (χ1v) is 12.1. The van der Waals surface area contributed by atoms with Gasteiger partial charge >= 0.3 is 10.1 Å². The highest BCUT2D eigenvalue weighted by molar-refractivity contribution is 9.10. The average Bonchev–Trinajstić information content (AvgIpc) is 3.34. The van der Waals surface area contributed by atoms with Crippen LogP contribution in [0.4, 0.5) is 0 Å². The molecule has 3 aromatic rings. The van der Waals surface area contributed by atoms with Crippen LogP contribution in [0.15, 0.2) is 71.3 Å². The molecule has 32 heavy (non-hydrogen) atoms. The molecule has 0 amide bonds. The van der Waals surface area contributed by atoms with Crippen molar-refractivity contribution in [1.29, 1.82) is 0 Å². The molecule has 1 aromatic heterocycles. The van der Waals surface area contributed by atoms with E-state index in [1.165, 1.54) is 6.07 Å². The van der Waals surface area contributed by atoms with Gasteiger partial charge in [0.25, 0.3) is 0 Å². The molecule has 0 spiro atoms. The van der Waals surface area contributed by atoms with Crippen LogP contribution < -0.4 is 4.18 Å². The number of pyridine rings is 1. The first kappa shape index (κ1) is 21.0. The zero-order valence-corrected chi connectivity index (χ0v) is 19.0. The second-order valence-corrected chi connectivity index (χ2v) is 10.2. The third-order valence-electron chi connectivity index (χ3n) is 5.61. The number of fused-ring (bicyclic) bond motifs is 2. The molecular formula is C23H18BrNO6S. The molecule has 1 fully saturated rings. The minimum atomic E-state index is -4.05. The summed E-state index contributed by atoms with van der Waals surface area (Å²) in [5.74, 6) is 0.230. The Morgan fingerprint density at radius 1 is 0.906 bits per heavy atom. The lowest BCUT2D eigenvalue weighted by Crippen LogP contribution is -2.35. The van der Waals surface area contributed by atoms with Crippen LogP contribution in [-0.2, 0) is 14.9 Å². The average molecular weight is 516 g/mol. The summed E-state index contributed by atoms with van der Waals surface area (Å²) in [5, 5.41) is 18.5. The van der Waals surface area contributed by atoms with Gasteiger partial charge < -0.3 is 19.1 Å². The van der Waals surface area contributed by atoms with Gasteiger partial charge in [-0.15, -0.1) is 0 Å². The molecule has 2 aliphatic rings. The Hall–Kier alpha value is -2.88. The Morgan fingerprint density at radius 3 is 2.09 bits per heavy atom. The standard InChI is InChI=1S/C23H18BrNO6S/c24-19-2-1-3-20(25-19)31-32(28,29)18-12-17-21(13-4-8-15(26)9-5-13)22(23(18)30-17)14-6-10-16(27)11-7-14/h1-11,17-18,23,26-27H,12H2. The number of aromatic hydroxyl groups is 2. The van der Waals surface area contributed by atoms with Gasteiger partial charge in [0.1, 0.15) is 27.5 Å². The van der Waals surface area contributed by atoms with E-state index in [4.69, 9.17) is 8.92 Å². The number of nitrogens with zero attached hydrogens (tertiary/aromatic N) is 1. The van der Waals surface area contributed by atoms with Crippen molar-refractivity contribution >= 4 is 37.2 Å². The molecule has 0 aliphatic carbocycles. The molecular weight excluding hydrogens is 498 g/mol. The van der Waals surface area contributed by atoms with E-state index in [9.17, 15) is 18.6 Å². The van der Waals surface area contributed by atoms with E-state index in [0.717, 1.165) is 22.3 Å². The van der Waals surface area contributed by atoms with Crippen molar-refractivity contribution < 1.29 is 27.6 Å². The van der Waals surface area contributed by atoms with Gasteiger partial charge in [0.15, 0.2) is 0 Å². The number of rotatable bonds is 5. The van der Waals surface area contributed by atoms with Crippen molar-refractivity contribution in [2.75, 3.05) is 0 Å². The van der Waals surface area contributed by atoms with Gasteiger partial charge in [0.05, 0.1) is 6.10 Å². The van der Waals surface area contributed by atoms with Gasteiger partial charge in [-0.2, -0.15) is 8.42 Å². The molecule has 5 rings (SSSR count). The molecule has 2 bridgehead atoms. The zero-order valence-electron chi connectivity index (χ0n) is 16.6. The van der Waals surface area contributed by atoms with Gasteiger partial charge in [0.2, 0.25) is 5.88 Å². The third kappa shape index (κ3) is 3.76. The van der Waals surface area contributed by atoms with E-state index in [0.29, 0.717) is 4.60 Å². The fourth-order valence-corrected chi connectivity index (χ4v) is 5.95. The van der Waals surface area contributed by atoms with Crippen LogP contribution in [-0.4, -0.2) is 41.1 Å². The molecule has 3 heterocycles. The number of hydrogen-bond donors (Lipinski definition) is 2. The quantitative estimate of drug-likeness (QED) is 0.388. The maximum atomic E-state index is 13.2. The van der Waals surface area contributed by atoms with Gasteiger partial charge in [-0.1, -0.05) is 30.3 Å². The van der Waals surface area contributed by atoms with Crippen LogP contribution in [0.3, 0.4) is 0 Å². The highest BCUT2D eigenvalue weighted by Gasteiger charge is 2.53. The topological polar surface area (TPSA) is 106 Å². The predicted molar refractivity (Wildman–Crippen MR) is 122 cm³/mol. The van der Waals surface area contributed by atoms with Crippen molar-refractivity contribution in [1.82, 2.24) is 4.98 Å². The number of ether oxygens (including phenoxy) is 1. The van der Waals surface area contributed by atoms with Crippen molar-refractivity contribution in [3.05, 3.63) is 82.5 Å². The summed E-state index contributed by atoms with van der Waals surface area (Å²) < 4.78 is 38.3. The van der Waals surface area contributed by atoms with E-state index >= 15 is 0 Å². The fourth-order valence-electron chi connectivity index (χ4n) is 4.25. The molecule has 9 heteroatoms. The maximum Gasteiger partial charge on any atom is 0.316 e. The van der Waals surface area contributed by atoms with Crippen LogP contribution >= 0.6 is 15.9 Å². The lowest BCUT2D eigenvalue weighted by Gasteiger charge is -2.24. The molecule has 164 valence electrons. The molecule has 2 aromatic carbocycles. The molecule has 3 unspecified atom stereocenters. The van der Waals surface area contributed by atoms with E-state index < -0.39 is 27.6 Å².